The van der Waals surface area contributed by atoms with Crippen molar-refractivity contribution in [1.29, 1.82) is 0 Å². The molecule has 0 saturated carbocycles. The Bertz CT molecular complexity index is 294. The standard InChI is InChI=1S/C6H11N3OS/c1-2-3-4-9-5(10)7-8-6(9)11/h2-4H2,1H3,(H,7,10)(H,8,11). The van der Waals surface area contributed by atoms with Gasteiger partial charge in [0.15, 0.2) is 4.77 Å². The molecule has 1 aromatic rings. The molecule has 1 rings (SSSR count). The summed E-state index contributed by atoms with van der Waals surface area (Å²) in [5.74, 6) is 0. The second-order valence-corrected chi connectivity index (χ2v) is 2.75. The minimum absolute atomic E-state index is 0.150. The molecule has 0 bridgehead atoms. The van der Waals surface area contributed by atoms with Crippen molar-refractivity contribution >= 4 is 12.2 Å². The second-order valence-electron chi connectivity index (χ2n) is 2.37. The van der Waals surface area contributed by atoms with Crippen molar-refractivity contribution < 1.29 is 0 Å². The van der Waals surface area contributed by atoms with Crippen LogP contribution in [0.5, 0.6) is 0 Å². The lowest BCUT2D eigenvalue weighted by atomic mass is 10.3. The van der Waals surface area contributed by atoms with Crippen LogP contribution in [0.3, 0.4) is 0 Å². The maximum Gasteiger partial charge on any atom is 0.342 e. The lowest BCUT2D eigenvalue weighted by Gasteiger charge is -1.95. The molecule has 4 nitrogen and oxygen atoms in total. The Balaban J connectivity index is 2.84. The van der Waals surface area contributed by atoms with E-state index in [9.17, 15) is 4.79 Å². The molecule has 1 heterocycles. The van der Waals surface area contributed by atoms with Gasteiger partial charge in [-0.2, -0.15) is 0 Å². The van der Waals surface area contributed by atoms with Gasteiger partial charge in [-0.15, -0.1) is 0 Å². The first kappa shape index (κ1) is 8.26. The van der Waals surface area contributed by atoms with Crippen LogP contribution in [-0.4, -0.2) is 14.8 Å². The largest absolute Gasteiger partial charge is 0.342 e. The van der Waals surface area contributed by atoms with Crippen LogP contribution in [0.25, 0.3) is 0 Å². The first-order valence-corrected chi connectivity index (χ1v) is 4.04. The van der Waals surface area contributed by atoms with E-state index in [0.29, 0.717) is 11.3 Å². The normalized spacial score (nSPS) is 10.3. The van der Waals surface area contributed by atoms with Crippen LogP contribution in [0.2, 0.25) is 0 Å². The van der Waals surface area contributed by atoms with Gasteiger partial charge in [-0.05, 0) is 18.6 Å². The summed E-state index contributed by atoms with van der Waals surface area (Å²) in [7, 11) is 0. The first-order valence-electron chi connectivity index (χ1n) is 3.63. The summed E-state index contributed by atoms with van der Waals surface area (Å²) in [5, 5.41) is 5.01. The van der Waals surface area contributed by atoms with Crippen molar-refractivity contribution in [1.82, 2.24) is 14.8 Å². The van der Waals surface area contributed by atoms with Crippen molar-refractivity contribution in [2.24, 2.45) is 0 Å². The van der Waals surface area contributed by atoms with Gasteiger partial charge in [-0.3, -0.25) is 9.67 Å². The predicted octanol–water partition coefficient (Wildman–Crippen LogP) is 1.03. The molecule has 0 atom stereocenters. The third-order valence-electron chi connectivity index (χ3n) is 1.50. The van der Waals surface area contributed by atoms with E-state index in [4.69, 9.17) is 12.2 Å². The van der Waals surface area contributed by atoms with Crippen molar-refractivity contribution in [2.75, 3.05) is 0 Å². The van der Waals surface area contributed by atoms with Gasteiger partial charge in [0.25, 0.3) is 0 Å². The van der Waals surface area contributed by atoms with Crippen molar-refractivity contribution in [3.8, 4) is 0 Å². The van der Waals surface area contributed by atoms with Crippen molar-refractivity contribution in [3.05, 3.63) is 15.3 Å². The summed E-state index contributed by atoms with van der Waals surface area (Å²) >= 11 is 4.86. The molecule has 0 unspecified atom stereocenters. The number of rotatable bonds is 3. The summed E-state index contributed by atoms with van der Waals surface area (Å²) in [6.45, 7) is 2.78. The highest BCUT2D eigenvalue weighted by Crippen LogP contribution is 1.90. The average molecular weight is 173 g/mol. The number of aromatic amines is 2. The number of H-pyrrole nitrogens is 2. The van der Waals surface area contributed by atoms with Crippen LogP contribution in [0, 0.1) is 4.77 Å². The highest BCUT2D eigenvalue weighted by atomic mass is 32.1. The molecule has 1 aromatic heterocycles. The molecular formula is C6H11N3OS. The smallest absolute Gasteiger partial charge is 0.272 e. The first-order chi connectivity index (χ1) is 5.25. The SMILES string of the molecule is CCCCn1c(=O)[nH][nH]c1=S. The molecule has 0 amide bonds. The minimum atomic E-state index is -0.150. The van der Waals surface area contributed by atoms with Crippen molar-refractivity contribution in [3.63, 3.8) is 0 Å². The van der Waals surface area contributed by atoms with Crippen LogP contribution in [0.4, 0.5) is 0 Å². The van der Waals surface area contributed by atoms with E-state index in [2.05, 4.69) is 17.1 Å². The third kappa shape index (κ3) is 1.80. The highest BCUT2D eigenvalue weighted by Gasteiger charge is 1.96. The van der Waals surface area contributed by atoms with Gasteiger partial charge in [0.05, 0.1) is 0 Å². The van der Waals surface area contributed by atoms with Crippen LogP contribution < -0.4 is 5.69 Å². The van der Waals surface area contributed by atoms with E-state index in [-0.39, 0.29) is 5.69 Å². The zero-order valence-electron chi connectivity index (χ0n) is 6.39. The van der Waals surface area contributed by atoms with Gasteiger partial charge in [0, 0.05) is 6.54 Å². The van der Waals surface area contributed by atoms with Gasteiger partial charge >= 0.3 is 5.69 Å². The Kier molecular flexibility index (Phi) is 2.64. The highest BCUT2D eigenvalue weighted by molar-refractivity contribution is 7.71. The monoisotopic (exact) mass is 173 g/mol. The molecule has 0 aliphatic rings. The number of nitrogens with one attached hydrogen (secondary N) is 2. The fourth-order valence-electron chi connectivity index (χ4n) is 0.853. The molecular weight excluding hydrogens is 162 g/mol. The van der Waals surface area contributed by atoms with Gasteiger partial charge in [0.2, 0.25) is 0 Å². The van der Waals surface area contributed by atoms with Crippen LogP contribution >= 0.6 is 12.2 Å². The fourth-order valence-corrected chi connectivity index (χ4v) is 1.08. The molecule has 0 aliphatic heterocycles. The van der Waals surface area contributed by atoms with E-state index in [1.165, 1.54) is 4.57 Å². The molecule has 0 spiro atoms. The Morgan fingerprint density at radius 3 is 2.73 bits per heavy atom. The lowest BCUT2D eigenvalue weighted by molar-refractivity contribution is 0.608. The number of hydrogen-bond acceptors (Lipinski definition) is 2. The summed E-state index contributed by atoms with van der Waals surface area (Å²) in [4.78, 5) is 11.0. The Labute approximate surface area is 69.2 Å². The number of aromatic nitrogens is 3. The Morgan fingerprint density at radius 2 is 2.27 bits per heavy atom. The average Bonchev–Trinajstić information content (AvgIpc) is 2.29. The maximum absolute atomic E-state index is 11.0. The molecule has 0 radical (unpaired) electrons. The van der Waals surface area contributed by atoms with E-state index in [0.717, 1.165) is 12.8 Å². The van der Waals surface area contributed by atoms with E-state index in [1.54, 1.807) is 0 Å². The molecule has 0 saturated heterocycles. The van der Waals surface area contributed by atoms with Crippen LogP contribution in [0.15, 0.2) is 4.79 Å². The topological polar surface area (TPSA) is 53.6 Å². The summed E-state index contributed by atoms with van der Waals surface area (Å²) in [6.07, 6.45) is 2.04. The summed E-state index contributed by atoms with van der Waals surface area (Å²) < 4.78 is 2.00. The molecule has 62 valence electrons. The Hall–Kier alpha value is -0.840. The van der Waals surface area contributed by atoms with E-state index >= 15 is 0 Å². The number of nitrogens with zero attached hydrogens (tertiary/aromatic N) is 1. The zero-order valence-corrected chi connectivity index (χ0v) is 7.20. The summed E-state index contributed by atoms with van der Waals surface area (Å²) in [6, 6.07) is 0. The van der Waals surface area contributed by atoms with Gasteiger partial charge < -0.3 is 0 Å². The number of hydrogen-bond donors (Lipinski definition) is 2. The quantitative estimate of drug-likeness (QED) is 0.671. The van der Waals surface area contributed by atoms with E-state index < -0.39 is 0 Å². The Morgan fingerprint density at radius 1 is 1.55 bits per heavy atom. The molecule has 11 heavy (non-hydrogen) atoms. The van der Waals surface area contributed by atoms with Gasteiger partial charge in [0.1, 0.15) is 0 Å². The molecule has 5 heteroatoms. The fraction of sp³-hybridized carbons (Fsp3) is 0.667. The molecule has 0 fully saturated rings. The van der Waals surface area contributed by atoms with Crippen LogP contribution in [0.1, 0.15) is 19.8 Å². The van der Waals surface area contributed by atoms with Crippen LogP contribution in [-0.2, 0) is 6.54 Å². The molecule has 2 N–H and O–H groups in total. The number of unbranched alkanes of at least 4 members (excludes halogenated alkanes) is 1. The predicted molar refractivity (Wildman–Crippen MR) is 45.1 cm³/mol. The van der Waals surface area contributed by atoms with Gasteiger partial charge in [-0.25, -0.2) is 9.89 Å². The third-order valence-corrected chi connectivity index (χ3v) is 1.82. The van der Waals surface area contributed by atoms with Crippen molar-refractivity contribution in [2.45, 2.75) is 26.3 Å². The maximum atomic E-state index is 11.0. The van der Waals surface area contributed by atoms with Gasteiger partial charge in [-0.1, -0.05) is 13.3 Å². The molecule has 0 aliphatic carbocycles. The zero-order chi connectivity index (χ0) is 8.27. The second kappa shape index (κ2) is 3.52. The van der Waals surface area contributed by atoms with E-state index in [1.807, 2.05) is 0 Å². The minimum Gasteiger partial charge on any atom is -0.272 e. The summed E-state index contributed by atoms with van der Waals surface area (Å²) in [5.41, 5.74) is -0.150. The lowest BCUT2D eigenvalue weighted by Crippen LogP contribution is -2.16. The molecule has 0 aromatic carbocycles.